The summed E-state index contributed by atoms with van der Waals surface area (Å²) in [5.74, 6) is -1.45. The van der Waals surface area contributed by atoms with Crippen LogP contribution in [0.2, 0.25) is 0 Å². The van der Waals surface area contributed by atoms with Crippen molar-refractivity contribution >= 4 is 23.6 Å². The minimum atomic E-state index is -0.942. The fourth-order valence-corrected chi connectivity index (χ4v) is 2.94. The van der Waals surface area contributed by atoms with E-state index in [0.717, 1.165) is 0 Å². The number of nitrogens with zero attached hydrogens (tertiary/aromatic N) is 2. The molecule has 0 aliphatic carbocycles. The lowest BCUT2D eigenvalue weighted by Crippen LogP contribution is -2.42. The van der Waals surface area contributed by atoms with Crippen LogP contribution in [0.4, 0.5) is 10.5 Å². The first-order valence-electron chi connectivity index (χ1n) is 8.14. The number of rotatable bonds is 5. The van der Waals surface area contributed by atoms with Gasteiger partial charge in [0.05, 0.1) is 0 Å². The van der Waals surface area contributed by atoms with E-state index in [9.17, 15) is 19.5 Å². The van der Waals surface area contributed by atoms with Crippen molar-refractivity contribution in [2.75, 3.05) is 32.5 Å². The number of primary amides is 1. The Hall–Kier alpha value is -2.61. The average molecular weight is 348 g/mol. The van der Waals surface area contributed by atoms with Gasteiger partial charge in [-0.2, -0.15) is 0 Å². The van der Waals surface area contributed by atoms with Crippen LogP contribution in [0.3, 0.4) is 0 Å². The Morgan fingerprint density at radius 2 is 1.76 bits per heavy atom. The number of hydrogen-bond donors (Lipinski definition) is 3. The van der Waals surface area contributed by atoms with Gasteiger partial charge in [-0.15, -0.1) is 0 Å². The van der Waals surface area contributed by atoms with Gasteiger partial charge < -0.3 is 21.1 Å². The predicted octanol–water partition coefficient (Wildman–Crippen LogP) is 1.10. The number of amides is 3. The molecule has 2 rings (SSSR count). The van der Waals surface area contributed by atoms with Gasteiger partial charge in [0.25, 0.3) is 0 Å². The zero-order valence-corrected chi connectivity index (χ0v) is 14.4. The summed E-state index contributed by atoms with van der Waals surface area (Å²) in [5, 5.41) is 12.3. The molecule has 0 spiro atoms. The summed E-state index contributed by atoms with van der Waals surface area (Å²) in [6.07, 6.45) is 1.13. The summed E-state index contributed by atoms with van der Waals surface area (Å²) in [4.78, 5) is 37.9. The number of carbonyl (C=O) groups excluding carboxylic acids is 2. The summed E-state index contributed by atoms with van der Waals surface area (Å²) in [7, 11) is 3.28. The maximum atomic E-state index is 11.8. The van der Waals surface area contributed by atoms with Crippen molar-refractivity contribution in [1.29, 1.82) is 0 Å². The molecule has 0 unspecified atom stereocenters. The van der Waals surface area contributed by atoms with E-state index in [2.05, 4.69) is 5.32 Å². The van der Waals surface area contributed by atoms with Crippen molar-refractivity contribution in [3.05, 3.63) is 29.8 Å². The Morgan fingerprint density at radius 1 is 1.20 bits per heavy atom. The van der Waals surface area contributed by atoms with E-state index in [1.807, 2.05) is 4.90 Å². The smallest absolute Gasteiger partial charge is 0.325 e. The van der Waals surface area contributed by atoms with Gasteiger partial charge in [-0.3, -0.25) is 14.5 Å². The number of nitrogens with one attached hydrogen (secondary N) is 1. The molecule has 1 aromatic carbocycles. The SMILES string of the molecule is CN(C)C(=O)Nc1ccc([C@H](C(=O)O)N2CCC(C(N)=O)CC2)cc1. The van der Waals surface area contributed by atoms with E-state index >= 15 is 0 Å². The third-order valence-corrected chi connectivity index (χ3v) is 4.41. The molecule has 1 saturated heterocycles. The zero-order valence-electron chi connectivity index (χ0n) is 14.4. The van der Waals surface area contributed by atoms with Gasteiger partial charge in [-0.1, -0.05) is 12.1 Å². The zero-order chi connectivity index (χ0) is 18.6. The first-order chi connectivity index (χ1) is 11.8. The molecule has 0 radical (unpaired) electrons. The standard InChI is InChI=1S/C17H24N4O4/c1-20(2)17(25)19-13-5-3-11(4-6-13)14(16(23)24)21-9-7-12(8-10-21)15(18)22/h3-6,12,14H,7-10H2,1-2H3,(H2,18,22)(H,19,25)(H,23,24)/t14-/m1/s1. The van der Waals surface area contributed by atoms with Crippen LogP contribution >= 0.6 is 0 Å². The Bertz CT molecular complexity index is 637. The molecule has 1 heterocycles. The second-order valence-electron chi connectivity index (χ2n) is 6.40. The van der Waals surface area contributed by atoms with Crippen molar-refractivity contribution in [2.24, 2.45) is 11.7 Å². The highest BCUT2D eigenvalue weighted by Crippen LogP contribution is 2.28. The fraction of sp³-hybridized carbons (Fsp3) is 0.471. The van der Waals surface area contributed by atoms with Crippen LogP contribution in [0.15, 0.2) is 24.3 Å². The van der Waals surface area contributed by atoms with Crippen LogP contribution in [0.5, 0.6) is 0 Å². The lowest BCUT2D eigenvalue weighted by molar-refractivity contribution is -0.144. The number of hydrogen-bond acceptors (Lipinski definition) is 4. The molecule has 3 amide bonds. The maximum absolute atomic E-state index is 11.8. The van der Waals surface area contributed by atoms with Gasteiger partial charge in [0.15, 0.2) is 0 Å². The molecule has 0 bridgehead atoms. The van der Waals surface area contributed by atoms with E-state index in [4.69, 9.17) is 5.73 Å². The number of aliphatic carboxylic acids is 1. The Balaban J connectivity index is 2.09. The average Bonchev–Trinajstić information content (AvgIpc) is 2.56. The molecule has 8 heteroatoms. The first kappa shape index (κ1) is 18.7. The maximum Gasteiger partial charge on any atom is 0.325 e. The third kappa shape index (κ3) is 4.69. The molecule has 1 aliphatic heterocycles. The number of urea groups is 1. The van der Waals surface area contributed by atoms with Crippen LogP contribution in [0.1, 0.15) is 24.4 Å². The number of carboxylic acid groups (broad SMARTS) is 1. The van der Waals surface area contributed by atoms with Crippen LogP contribution in [-0.2, 0) is 9.59 Å². The number of likely N-dealkylation sites (tertiary alicyclic amines) is 1. The molecule has 1 aromatic rings. The van der Waals surface area contributed by atoms with Crippen LogP contribution in [0.25, 0.3) is 0 Å². The van der Waals surface area contributed by atoms with Gasteiger partial charge in [0.1, 0.15) is 6.04 Å². The highest BCUT2D eigenvalue weighted by atomic mass is 16.4. The normalized spacial score (nSPS) is 16.9. The van der Waals surface area contributed by atoms with E-state index in [1.54, 1.807) is 38.4 Å². The van der Waals surface area contributed by atoms with Crippen molar-refractivity contribution < 1.29 is 19.5 Å². The van der Waals surface area contributed by atoms with Crippen molar-refractivity contribution in [1.82, 2.24) is 9.80 Å². The molecule has 0 aromatic heterocycles. The van der Waals surface area contributed by atoms with Gasteiger partial charge in [-0.05, 0) is 30.5 Å². The van der Waals surface area contributed by atoms with Crippen LogP contribution in [0, 0.1) is 5.92 Å². The van der Waals surface area contributed by atoms with E-state index in [-0.39, 0.29) is 17.9 Å². The third-order valence-electron chi connectivity index (χ3n) is 4.41. The summed E-state index contributed by atoms with van der Waals surface area (Å²) >= 11 is 0. The summed E-state index contributed by atoms with van der Waals surface area (Å²) in [6.45, 7) is 1.01. The van der Waals surface area contributed by atoms with Crippen LogP contribution < -0.4 is 11.1 Å². The lowest BCUT2D eigenvalue weighted by Gasteiger charge is -2.34. The second-order valence-corrected chi connectivity index (χ2v) is 6.40. The monoisotopic (exact) mass is 348 g/mol. The highest BCUT2D eigenvalue weighted by molar-refractivity contribution is 5.89. The Kier molecular flexibility index (Phi) is 5.97. The minimum Gasteiger partial charge on any atom is -0.480 e. The Labute approximate surface area is 146 Å². The Morgan fingerprint density at radius 3 is 2.20 bits per heavy atom. The molecule has 1 atom stereocenters. The van der Waals surface area contributed by atoms with Gasteiger partial charge in [0, 0.05) is 38.8 Å². The molecule has 25 heavy (non-hydrogen) atoms. The fourth-order valence-electron chi connectivity index (χ4n) is 2.94. The molecule has 0 saturated carbocycles. The van der Waals surface area contributed by atoms with E-state index in [1.165, 1.54) is 4.90 Å². The molecule has 136 valence electrons. The van der Waals surface area contributed by atoms with Crippen LogP contribution in [-0.4, -0.2) is 60.0 Å². The van der Waals surface area contributed by atoms with Gasteiger partial charge >= 0.3 is 12.0 Å². The van der Waals surface area contributed by atoms with E-state index in [0.29, 0.717) is 37.2 Å². The molecule has 4 N–H and O–H groups in total. The van der Waals surface area contributed by atoms with Crippen molar-refractivity contribution in [2.45, 2.75) is 18.9 Å². The largest absolute Gasteiger partial charge is 0.480 e. The molecular weight excluding hydrogens is 324 g/mol. The number of carbonyl (C=O) groups is 3. The quantitative estimate of drug-likeness (QED) is 0.737. The molecule has 1 fully saturated rings. The molecule has 1 aliphatic rings. The number of benzene rings is 1. The number of carboxylic acids is 1. The second kappa shape index (κ2) is 7.98. The lowest BCUT2D eigenvalue weighted by atomic mass is 9.93. The number of piperidine rings is 1. The van der Waals surface area contributed by atoms with Gasteiger partial charge in [0.2, 0.25) is 5.91 Å². The first-order valence-corrected chi connectivity index (χ1v) is 8.14. The van der Waals surface area contributed by atoms with Gasteiger partial charge in [-0.25, -0.2) is 4.79 Å². The molecular formula is C17H24N4O4. The van der Waals surface area contributed by atoms with Crippen molar-refractivity contribution in [3.8, 4) is 0 Å². The highest BCUT2D eigenvalue weighted by Gasteiger charge is 2.32. The summed E-state index contributed by atoms with van der Waals surface area (Å²) < 4.78 is 0. The summed E-state index contributed by atoms with van der Waals surface area (Å²) in [6, 6.07) is 5.73. The molecule has 8 nitrogen and oxygen atoms in total. The summed E-state index contributed by atoms with van der Waals surface area (Å²) in [5.41, 5.74) is 6.55. The number of anilines is 1. The minimum absolute atomic E-state index is 0.186. The topological polar surface area (TPSA) is 116 Å². The number of nitrogens with two attached hydrogens (primary N) is 1. The van der Waals surface area contributed by atoms with E-state index < -0.39 is 12.0 Å². The predicted molar refractivity (Wildman–Crippen MR) is 93.0 cm³/mol. The van der Waals surface area contributed by atoms with Crippen molar-refractivity contribution in [3.63, 3.8) is 0 Å².